The van der Waals surface area contributed by atoms with Gasteiger partial charge in [-0.05, 0) is 55.0 Å². The third-order valence-electron chi connectivity index (χ3n) is 4.40. The van der Waals surface area contributed by atoms with E-state index in [4.69, 9.17) is 8.92 Å². The highest BCUT2D eigenvalue weighted by Gasteiger charge is 2.26. The van der Waals surface area contributed by atoms with E-state index in [9.17, 15) is 17.6 Å². The molecule has 4 rings (SSSR count). The zero-order valence-electron chi connectivity index (χ0n) is 16.3. The van der Waals surface area contributed by atoms with Crippen LogP contribution >= 0.6 is 0 Å². The summed E-state index contributed by atoms with van der Waals surface area (Å²) in [6, 6.07) is 18.2. The number of hydrogen-bond donors (Lipinski definition) is 0. The lowest BCUT2D eigenvalue weighted by Crippen LogP contribution is -2.09. The molecule has 156 valence electrons. The van der Waals surface area contributed by atoms with E-state index in [2.05, 4.69) is 4.99 Å². The molecule has 8 heteroatoms. The molecule has 3 aromatic carbocycles. The quantitative estimate of drug-likeness (QED) is 0.339. The van der Waals surface area contributed by atoms with Crippen LogP contribution in [0, 0.1) is 12.7 Å². The summed E-state index contributed by atoms with van der Waals surface area (Å²) >= 11 is 0. The summed E-state index contributed by atoms with van der Waals surface area (Å²) in [6.07, 6.45) is 1.40. The van der Waals surface area contributed by atoms with Crippen molar-refractivity contribution in [3.05, 3.63) is 101 Å². The molecule has 1 heterocycles. The van der Waals surface area contributed by atoms with Crippen molar-refractivity contribution in [1.82, 2.24) is 0 Å². The number of esters is 1. The van der Waals surface area contributed by atoms with Gasteiger partial charge in [0.2, 0.25) is 5.90 Å². The monoisotopic (exact) mass is 437 g/mol. The molecule has 0 aliphatic carbocycles. The number of ether oxygens (including phenoxy) is 1. The number of benzene rings is 3. The van der Waals surface area contributed by atoms with E-state index < -0.39 is 21.9 Å². The maximum atomic E-state index is 13.9. The summed E-state index contributed by atoms with van der Waals surface area (Å²) in [4.78, 5) is 16.2. The van der Waals surface area contributed by atoms with E-state index in [0.717, 1.165) is 5.56 Å². The fourth-order valence-electron chi connectivity index (χ4n) is 2.85. The molecule has 0 atom stereocenters. The van der Waals surface area contributed by atoms with Crippen LogP contribution < -0.4 is 4.18 Å². The van der Waals surface area contributed by atoms with E-state index in [-0.39, 0.29) is 27.8 Å². The van der Waals surface area contributed by atoms with E-state index in [0.29, 0.717) is 5.56 Å². The van der Waals surface area contributed by atoms with Crippen molar-refractivity contribution in [2.75, 3.05) is 0 Å². The van der Waals surface area contributed by atoms with Crippen LogP contribution in [0.4, 0.5) is 4.39 Å². The summed E-state index contributed by atoms with van der Waals surface area (Å²) < 4.78 is 49.2. The largest absolute Gasteiger partial charge is 0.402 e. The fourth-order valence-corrected chi connectivity index (χ4v) is 3.78. The smallest absolute Gasteiger partial charge is 0.363 e. The summed E-state index contributed by atoms with van der Waals surface area (Å²) in [6.45, 7) is 1.85. The Kier molecular flexibility index (Phi) is 5.39. The first kappa shape index (κ1) is 20.5. The zero-order chi connectivity index (χ0) is 22.0. The van der Waals surface area contributed by atoms with Crippen LogP contribution in [-0.2, 0) is 19.6 Å². The first-order valence-electron chi connectivity index (χ1n) is 9.20. The molecule has 0 bridgehead atoms. The number of cyclic esters (lactones) is 1. The molecule has 31 heavy (non-hydrogen) atoms. The van der Waals surface area contributed by atoms with E-state index in [1.54, 1.807) is 30.3 Å². The Balaban J connectivity index is 1.60. The Morgan fingerprint density at radius 2 is 1.74 bits per heavy atom. The lowest BCUT2D eigenvalue weighted by atomic mass is 10.2. The lowest BCUT2D eigenvalue weighted by Gasteiger charge is -2.08. The van der Waals surface area contributed by atoms with Gasteiger partial charge in [-0.15, -0.1) is 0 Å². The van der Waals surface area contributed by atoms with Crippen molar-refractivity contribution in [2.45, 2.75) is 11.8 Å². The molecule has 0 unspecified atom stereocenters. The van der Waals surface area contributed by atoms with Gasteiger partial charge < -0.3 is 8.92 Å². The predicted octanol–water partition coefficient (Wildman–Crippen LogP) is 4.25. The molecule has 0 spiro atoms. The van der Waals surface area contributed by atoms with Crippen molar-refractivity contribution >= 4 is 28.1 Å². The third-order valence-corrected chi connectivity index (χ3v) is 5.66. The van der Waals surface area contributed by atoms with E-state index >= 15 is 0 Å². The average molecular weight is 437 g/mol. The molecule has 6 nitrogen and oxygen atoms in total. The van der Waals surface area contributed by atoms with E-state index in [1.807, 2.05) is 6.92 Å². The molecule has 0 radical (unpaired) electrons. The van der Waals surface area contributed by atoms with Crippen molar-refractivity contribution in [3.8, 4) is 5.75 Å². The van der Waals surface area contributed by atoms with Gasteiger partial charge in [0, 0.05) is 0 Å². The second-order valence-electron chi connectivity index (χ2n) is 6.74. The molecular formula is C23H16FNO5S. The lowest BCUT2D eigenvalue weighted by molar-refractivity contribution is -0.129. The van der Waals surface area contributed by atoms with Gasteiger partial charge in [-0.25, -0.2) is 14.2 Å². The molecule has 0 saturated heterocycles. The van der Waals surface area contributed by atoms with Crippen LogP contribution in [0.25, 0.3) is 6.08 Å². The van der Waals surface area contributed by atoms with Gasteiger partial charge in [0.1, 0.15) is 16.5 Å². The number of nitrogens with zero attached hydrogens (tertiary/aromatic N) is 1. The molecule has 1 aliphatic heterocycles. The van der Waals surface area contributed by atoms with Gasteiger partial charge >= 0.3 is 16.1 Å². The molecular weight excluding hydrogens is 421 g/mol. The molecule has 0 saturated carbocycles. The fraction of sp³-hybridized carbons (Fsp3) is 0.0435. The number of carbonyl (C=O) groups is 1. The topological polar surface area (TPSA) is 82.0 Å². The van der Waals surface area contributed by atoms with Gasteiger partial charge in [0.05, 0.1) is 5.56 Å². The van der Waals surface area contributed by atoms with Crippen LogP contribution in [-0.4, -0.2) is 20.3 Å². The van der Waals surface area contributed by atoms with Gasteiger partial charge in [-0.3, -0.25) is 0 Å². The van der Waals surface area contributed by atoms with Crippen LogP contribution in [0.3, 0.4) is 0 Å². The normalized spacial score (nSPS) is 15.0. The molecule has 3 aromatic rings. The Hall–Kier alpha value is -3.78. The number of halogens is 1. The van der Waals surface area contributed by atoms with E-state index in [1.165, 1.54) is 48.5 Å². The van der Waals surface area contributed by atoms with Crippen molar-refractivity contribution in [3.63, 3.8) is 0 Å². The highest BCUT2D eigenvalue weighted by molar-refractivity contribution is 7.87. The highest BCUT2D eigenvalue weighted by atomic mass is 32.2. The van der Waals surface area contributed by atoms with Crippen LogP contribution in [0.5, 0.6) is 5.75 Å². The molecule has 0 N–H and O–H groups in total. The Morgan fingerprint density at radius 3 is 2.48 bits per heavy atom. The molecule has 0 amide bonds. The maximum absolute atomic E-state index is 13.9. The summed E-state index contributed by atoms with van der Waals surface area (Å²) in [5.41, 5.74) is 1.41. The minimum Gasteiger partial charge on any atom is -0.402 e. The van der Waals surface area contributed by atoms with Crippen molar-refractivity contribution < 1.29 is 26.5 Å². The second-order valence-corrected chi connectivity index (χ2v) is 8.29. The Bertz CT molecular complexity index is 1330. The standard InChI is InChI=1S/C23H16FNO5S/c1-15-9-11-18(12-10-15)31(27,28)30-17-6-4-5-16(13-17)14-21-23(26)29-22(25-21)19-7-2-3-8-20(19)24/h2-14H,1H3/b21-14-. The van der Waals surface area contributed by atoms with Gasteiger partial charge in [0.15, 0.2) is 5.70 Å². The third kappa shape index (κ3) is 4.54. The van der Waals surface area contributed by atoms with Crippen LogP contribution in [0.15, 0.2) is 88.4 Å². The number of aryl methyl sites for hydroxylation is 1. The number of hydrogen-bond acceptors (Lipinski definition) is 6. The number of aliphatic imine (C=N–C) groups is 1. The maximum Gasteiger partial charge on any atom is 0.363 e. The SMILES string of the molecule is Cc1ccc(S(=O)(=O)Oc2cccc(/C=C3\N=C(c4ccccc4F)OC3=O)c2)cc1. The first-order valence-corrected chi connectivity index (χ1v) is 10.6. The average Bonchev–Trinajstić information content (AvgIpc) is 3.08. The summed E-state index contributed by atoms with van der Waals surface area (Å²) in [7, 11) is -4.02. The highest BCUT2D eigenvalue weighted by Crippen LogP contribution is 2.24. The first-order chi connectivity index (χ1) is 14.8. The van der Waals surface area contributed by atoms with Gasteiger partial charge in [0.25, 0.3) is 0 Å². The molecule has 0 fully saturated rings. The predicted molar refractivity (Wildman–Crippen MR) is 112 cm³/mol. The zero-order valence-corrected chi connectivity index (χ0v) is 17.1. The number of rotatable bonds is 5. The Morgan fingerprint density at radius 1 is 1.00 bits per heavy atom. The van der Waals surface area contributed by atoms with Gasteiger partial charge in [-0.2, -0.15) is 8.42 Å². The summed E-state index contributed by atoms with van der Waals surface area (Å²) in [5, 5.41) is 0. The summed E-state index contributed by atoms with van der Waals surface area (Å²) in [5.74, 6) is -1.37. The second kappa shape index (κ2) is 8.16. The minimum absolute atomic E-state index is 0.0281. The molecule has 1 aliphatic rings. The van der Waals surface area contributed by atoms with Crippen molar-refractivity contribution in [1.29, 1.82) is 0 Å². The minimum atomic E-state index is -4.02. The van der Waals surface area contributed by atoms with Crippen LogP contribution in [0.2, 0.25) is 0 Å². The van der Waals surface area contributed by atoms with Gasteiger partial charge in [-0.1, -0.05) is 42.0 Å². The Labute approximate surface area is 178 Å². The van der Waals surface area contributed by atoms with Crippen LogP contribution in [0.1, 0.15) is 16.7 Å². The van der Waals surface area contributed by atoms with Crippen molar-refractivity contribution in [2.24, 2.45) is 4.99 Å². The molecule has 0 aromatic heterocycles. The number of carbonyl (C=O) groups excluding carboxylic acids is 1.